The Morgan fingerprint density at radius 2 is 2.00 bits per heavy atom. The molecule has 6 heteroatoms. The largest absolute Gasteiger partial charge is 0.480 e. The molecule has 1 atom stereocenters. The van der Waals surface area contributed by atoms with Crippen LogP contribution in [0.4, 0.5) is 4.39 Å². The summed E-state index contributed by atoms with van der Waals surface area (Å²) in [4.78, 5) is 14.3. The van der Waals surface area contributed by atoms with Crippen molar-refractivity contribution in [1.29, 1.82) is 0 Å². The third kappa shape index (κ3) is 9.50. The molecule has 0 rings (SSSR count). The predicted octanol–water partition coefficient (Wildman–Crippen LogP) is 1.44. The lowest BCUT2D eigenvalue weighted by atomic mass is 9.99. The van der Waals surface area contributed by atoms with Crippen molar-refractivity contribution >= 4 is 11.8 Å². The zero-order valence-electron chi connectivity index (χ0n) is 10.8. The van der Waals surface area contributed by atoms with Crippen molar-refractivity contribution < 1.29 is 14.3 Å². The molecule has 0 bridgehead atoms. The Hall–Kier alpha value is -1.43. The van der Waals surface area contributed by atoms with E-state index in [0.29, 0.717) is 5.84 Å². The number of amidine groups is 1. The average molecular weight is 247 g/mol. The Labute approximate surface area is 101 Å². The minimum absolute atomic E-state index is 0.0872. The van der Waals surface area contributed by atoms with E-state index in [1.165, 1.54) is 6.92 Å². The van der Waals surface area contributed by atoms with Gasteiger partial charge in [-0.1, -0.05) is 13.8 Å². The SMILES string of the molecule is CC.CC(N)=NC/C=C(\F)C[C@](C)(N)C(=O)O. The summed E-state index contributed by atoms with van der Waals surface area (Å²) in [7, 11) is 0. The van der Waals surface area contributed by atoms with Crippen molar-refractivity contribution in [3.63, 3.8) is 0 Å². The summed E-state index contributed by atoms with van der Waals surface area (Å²) in [5.41, 5.74) is 8.99. The summed E-state index contributed by atoms with van der Waals surface area (Å²) in [5.74, 6) is -1.51. The molecule has 0 aliphatic carbocycles. The highest BCUT2D eigenvalue weighted by molar-refractivity contribution is 5.78. The molecular weight excluding hydrogens is 225 g/mol. The number of nitrogens with zero attached hydrogens (tertiary/aromatic N) is 1. The molecule has 5 N–H and O–H groups in total. The number of nitrogens with two attached hydrogens (primary N) is 2. The van der Waals surface area contributed by atoms with Gasteiger partial charge in [0.1, 0.15) is 11.4 Å². The van der Waals surface area contributed by atoms with Gasteiger partial charge < -0.3 is 16.6 Å². The van der Waals surface area contributed by atoms with Gasteiger partial charge in [0.25, 0.3) is 0 Å². The minimum Gasteiger partial charge on any atom is -0.480 e. The molecule has 0 unspecified atom stereocenters. The summed E-state index contributed by atoms with van der Waals surface area (Å²) >= 11 is 0. The van der Waals surface area contributed by atoms with Crippen LogP contribution in [0, 0.1) is 0 Å². The number of rotatable bonds is 5. The fourth-order valence-electron chi connectivity index (χ4n) is 0.787. The molecule has 17 heavy (non-hydrogen) atoms. The fraction of sp³-hybridized carbons (Fsp3) is 0.636. The van der Waals surface area contributed by atoms with Crippen molar-refractivity contribution in [3.8, 4) is 0 Å². The van der Waals surface area contributed by atoms with E-state index in [0.717, 1.165) is 6.08 Å². The van der Waals surface area contributed by atoms with Crippen LogP contribution in [0.1, 0.15) is 34.1 Å². The van der Waals surface area contributed by atoms with Crippen molar-refractivity contribution in [2.45, 2.75) is 39.7 Å². The molecule has 0 spiro atoms. The van der Waals surface area contributed by atoms with Crippen molar-refractivity contribution in [2.24, 2.45) is 16.5 Å². The van der Waals surface area contributed by atoms with Gasteiger partial charge in [0, 0.05) is 6.42 Å². The number of carboxylic acid groups (broad SMARTS) is 1. The molecule has 0 heterocycles. The Balaban J connectivity index is 0. The van der Waals surface area contributed by atoms with Crippen LogP contribution < -0.4 is 11.5 Å². The second-order valence-electron chi connectivity index (χ2n) is 3.53. The normalized spacial score (nSPS) is 15.6. The highest BCUT2D eigenvalue weighted by Crippen LogP contribution is 2.14. The molecule has 0 amide bonds. The van der Waals surface area contributed by atoms with Gasteiger partial charge in [-0.15, -0.1) is 0 Å². The predicted molar refractivity (Wildman–Crippen MR) is 67.5 cm³/mol. The molecular formula is C11H22FN3O2. The first kappa shape index (κ1) is 17.9. The summed E-state index contributed by atoms with van der Waals surface area (Å²) in [6, 6.07) is 0. The highest BCUT2D eigenvalue weighted by atomic mass is 19.1. The first-order valence-corrected chi connectivity index (χ1v) is 5.39. The third-order valence-electron chi connectivity index (χ3n) is 1.68. The molecule has 0 aliphatic heterocycles. The number of carbonyl (C=O) groups is 1. The van der Waals surface area contributed by atoms with Gasteiger partial charge in [-0.05, 0) is 19.9 Å². The monoisotopic (exact) mass is 247 g/mol. The van der Waals surface area contributed by atoms with E-state index in [4.69, 9.17) is 16.6 Å². The van der Waals surface area contributed by atoms with E-state index in [-0.39, 0.29) is 13.0 Å². The molecule has 5 nitrogen and oxygen atoms in total. The number of aliphatic carboxylic acids is 1. The number of aliphatic imine (C=N–C) groups is 1. The molecule has 0 saturated carbocycles. The van der Waals surface area contributed by atoms with Gasteiger partial charge in [-0.2, -0.15) is 0 Å². The van der Waals surface area contributed by atoms with Crippen LogP contribution in [0.2, 0.25) is 0 Å². The first-order valence-electron chi connectivity index (χ1n) is 5.39. The van der Waals surface area contributed by atoms with Crippen LogP contribution in [-0.2, 0) is 4.79 Å². The molecule has 0 aromatic heterocycles. The molecule has 0 saturated heterocycles. The Bertz CT molecular complexity index is 295. The van der Waals surface area contributed by atoms with E-state index in [2.05, 4.69) is 4.99 Å². The van der Waals surface area contributed by atoms with Crippen LogP contribution in [0.3, 0.4) is 0 Å². The minimum atomic E-state index is -1.60. The molecule has 0 aliphatic rings. The molecule has 0 aromatic rings. The molecule has 100 valence electrons. The topological polar surface area (TPSA) is 102 Å². The fourth-order valence-corrected chi connectivity index (χ4v) is 0.787. The third-order valence-corrected chi connectivity index (χ3v) is 1.68. The van der Waals surface area contributed by atoms with Crippen LogP contribution in [-0.4, -0.2) is 29.0 Å². The molecule has 0 aromatic carbocycles. The van der Waals surface area contributed by atoms with E-state index in [1.807, 2.05) is 13.8 Å². The summed E-state index contributed by atoms with van der Waals surface area (Å²) in [5, 5.41) is 8.64. The van der Waals surface area contributed by atoms with Gasteiger partial charge >= 0.3 is 5.97 Å². The first-order chi connectivity index (χ1) is 7.75. The lowest BCUT2D eigenvalue weighted by molar-refractivity contribution is -0.142. The number of hydrogen-bond acceptors (Lipinski definition) is 3. The van der Waals surface area contributed by atoms with E-state index < -0.39 is 17.3 Å². The van der Waals surface area contributed by atoms with Crippen LogP contribution >= 0.6 is 0 Å². The van der Waals surface area contributed by atoms with Gasteiger partial charge in [0.05, 0.1) is 12.4 Å². The maximum Gasteiger partial charge on any atom is 0.323 e. The Morgan fingerprint density at radius 3 is 2.35 bits per heavy atom. The second kappa shape index (κ2) is 8.69. The number of hydrogen-bond donors (Lipinski definition) is 3. The molecule has 0 fully saturated rings. The van der Waals surface area contributed by atoms with Gasteiger partial charge in [-0.3, -0.25) is 9.79 Å². The average Bonchev–Trinajstić information content (AvgIpc) is 2.19. The van der Waals surface area contributed by atoms with E-state index in [1.54, 1.807) is 6.92 Å². The summed E-state index contributed by atoms with van der Waals surface area (Å²) < 4.78 is 13.1. The second-order valence-corrected chi connectivity index (χ2v) is 3.53. The van der Waals surface area contributed by atoms with E-state index in [9.17, 15) is 9.18 Å². The maximum absolute atomic E-state index is 13.1. The number of carboxylic acids is 1. The van der Waals surface area contributed by atoms with Crippen molar-refractivity contribution in [1.82, 2.24) is 0 Å². The van der Waals surface area contributed by atoms with Crippen LogP contribution in [0.5, 0.6) is 0 Å². The lowest BCUT2D eigenvalue weighted by Crippen LogP contribution is -2.44. The Morgan fingerprint density at radius 1 is 1.53 bits per heavy atom. The standard InChI is InChI=1S/C9H16FN3O2.C2H6/c1-6(11)13-4-3-7(10)5-9(2,12)8(14)15;1-2/h3H,4-5,12H2,1-2H3,(H2,11,13)(H,14,15);1-2H3/b7-3-;/t9-;/m0./s1. The van der Waals surface area contributed by atoms with Gasteiger partial charge in [0.2, 0.25) is 0 Å². The zero-order chi connectivity index (χ0) is 14.1. The van der Waals surface area contributed by atoms with Gasteiger partial charge in [0.15, 0.2) is 0 Å². The quantitative estimate of drug-likeness (QED) is 0.505. The van der Waals surface area contributed by atoms with Gasteiger partial charge in [-0.25, -0.2) is 4.39 Å². The zero-order valence-corrected chi connectivity index (χ0v) is 10.8. The molecule has 0 radical (unpaired) electrons. The van der Waals surface area contributed by atoms with Crippen molar-refractivity contribution in [3.05, 3.63) is 11.9 Å². The maximum atomic E-state index is 13.1. The van der Waals surface area contributed by atoms with E-state index >= 15 is 0 Å². The number of halogens is 1. The highest BCUT2D eigenvalue weighted by Gasteiger charge is 2.29. The smallest absolute Gasteiger partial charge is 0.323 e. The summed E-state index contributed by atoms with van der Waals surface area (Å²) in [6.45, 7) is 6.92. The Kier molecular flexibility index (Phi) is 9.18. The van der Waals surface area contributed by atoms with Crippen LogP contribution in [0.15, 0.2) is 16.9 Å². The summed E-state index contributed by atoms with van der Waals surface area (Å²) in [6.07, 6.45) is 0.798. The lowest BCUT2D eigenvalue weighted by Gasteiger charge is -2.17. The van der Waals surface area contributed by atoms with Crippen molar-refractivity contribution in [2.75, 3.05) is 6.54 Å². The van der Waals surface area contributed by atoms with Crippen LogP contribution in [0.25, 0.3) is 0 Å².